The molecule has 1 aliphatic rings. The third-order valence-electron chi connectivity index (χ3n) is 4.10. The lowest BCUT2D eigenvalue weighted by molar-refractivity contribution is -0.119. The molecule has 0 aliphatic carbocycles. The molecule has 4 rings (SSSR count). The quantitative estimate of drug-likeness (QED) is 0.806. The summed E-state index contributed by atoms with van der Waals surface area (Å²) in [6, 6.07) is 10.3. The van der Waals surface area contributed by atoms with Gasteiger partial charge in [0.25, 0.3) is 0 Å². The number of carbonyl (C=O) groups is 1. The predicted molar refractivity (Wildman–Crippen MR) is 84.1 cm³/mol. The summed E-state index contributed by atoms with van der Waals surface area (Å²) in [5, 5.41) is 4.10. The fraction of sp³-hybridized carbons (Fsp3) is 0.235. The SMILES string of the molecule is O=C1CCC(Cn2ccnc2-c2cccc3ncccc23)N1. The lowest BCUT2D eigenvalue weighted by atomic mass is 10.1. The molecule has 1 atom stereocenters. The molecule has 1 unspecified atom stereocenters. The van der Waals surface area contributed by atoms with Crippen molar-refractivity contribution in [2.75, 3.05) is 0 Å². The van der Waals surface area contributed by atoms with Gasteiger partial charge >= 0.3 is 0 Å². The van der Waals surface area contributed by atoms with Crippen LogP contribution in [0, 0.1) is 0 Å². The first-order chi connectivity index (χ1) is 10.8. The van der Waals surface area contributed by atoms with E-state index in [1.165, 1.54) is 0 Å². The zero-order valence-electron chi connectivity index (χ0n) is 12.1. The topological polar surface area (TPSA) is 59.8 Å². The van der Waals surface area contributed by atoms with Crippen molar-refractivity contribution in [2.24, 2.45) is 0 Å². The standard InChI is InChI=1S/C17H16N4O/c22-16-7-6-12(20-16)11-21-10-9-19-17(21)14-3-1-5-15-13(14)4-2-8-18-15/h1-5,8-10,12H,6-7,11H2,(H,20,22). The van der Waals surface area contributed by atoms with Gasteiger partial charge in [-0.3, -0.25) is 9.78 Å². The van der Waals surface area contributed by atoms with Gasteiger partial charge in [-0.05, 0) is 18.6 Å². The van der Waals surface area contributed by atoms with E-state index in [1.54, 1.807) is 12.4 Å². The number of benzene rings is 1. The van der Waals surface area contributed by atoms with Gasteiger partial charge in [-0.25, -0.2) is 4.98 Å². The second-order valence-electron chi connectivity index (χ2n) is 5.58. The van der Waals surface area contributed by atoms with E-state index in [0.29, 0.717) is 6.42 Å². The molecule has 5 heteroatoms. The van der Waals surface area contributed by atoms with Crippen molar-refractivity contribution in [3.63, 3.8) is 0 Å². The van der Waals surface area contributed by atoms with Gasteiger partial charge in [0.1, 0.15) is 5.82 Å². The van der Waals surface area contributed by atoms with E-state index in [2.05, 4.69) is 32.0 Å². The van der Waals surface area contributed by atoms with Crippen LogP contribution in [0.3, 0.4) is 0 Å². The summed E-state index contributed by atoms with van der Waals surface area (Å²) in [5.41, 5.74) is 2.03. The normalized spacial score (nSPS) is 17.8. The van der Waals surface area contributed by atoms with Crippen LogP contribution in [0.5, 0.6) is 0 Å². The molecule has 1 amide bonds. The average Bonchev–Trinajstić information content (AvgIpc) is 3.16. The number of amides is 1. The molecule has 1 aromatic carbocycles. The van der Waals surface area contributed by atoms with Crippen molar-refractivity contribution in [2.45, 2.75) is 25.4 Å². The monoisotopic (exact) mass is 292 g/mol. The van der Waals surface area contributed by atoms with Gasteiger partial charge < -0.3 is 9.88 Å². The van der Waals surface area contributed by atoms with E-state index in [4.69, 9.17) is 0 Å². The zero-order chi connectivity index (χ0) is 14.9. The molecule has 3 aromatic rings. The third kappa shape index (κ3) is 2.24. The first kappa shape index (κ1) is 13.0. The Labute approximate surface area is 128 Å². The molecule has 1 saturated heterocycles. The van der Waals surface area contributed by atoms with E-state index in [9.17, 15) is 4.79 Å². The van der Waals surface area contributed by atoms with Gasteiger partial charge in [-0.1, -0.05) is 18.2 Å². The van der Waals surface area contributed by atoms with E-state index in [1.807, 2.05) is 24.4 Å². The van der Waals surface area contributed by atoms with E-state index in [0.717, 1.165) is 35.3 Å². The van der Waals surface area contributed by atoms with Gasteiger partial charge in [0.15, 0.2) is 0 Å². The minimum atomic E-state index is 0.140. The summed E-state index contributed by atoms with van der Waals surface area (Å²) in [5.74, 6) is 1.06. The van der Waals surface area contributed by atoms with Crippen LogP contribution in [-0.2, 0) is 11.3 Å². The number of aromatic nitrogens is 3. The Balaban J connectivity index is 1.73. The number of hydrogen-bond acceptors (Lipinski definition) is 3. The molecule has 5 nitrogen and oxygen atoms in total. The highest BCUT2D eigenvalue weighted by molar-refractivity contribution is 5.92. The third-order valence-corrected chi connectivity index (χ3v) is 4.10. The number of fused-ring (bicyclic) bond motifs is 1. The highest BCUT2D eigenvalue weighted by Gasteiger charge is 2.22. The number of nitrogens with one attached hydrogen (secondary N) is 1. The van der Waals surface area contributed by atoms with Crippen molar-refractivity contribution in [1.29, 1.82) is 0 Å². The molecule has 22 heavy (non-hydrogen) atoms. The average molecular weight is 292 g/mol. The summed E-state index contributed by atoms with van der Waals surface area (Å²) in [6.07, 6.45) is 7.07. The number of imidazole rings is 1. The molecule has 0 saturated carbocycles. The number of hydrogen-bond donors (Lipinski definition) is 1. The molecule has 0 radical (unpaired) electrons. The van der Waals surface area contributed by atoms with Crippen molar-refractivity contribution >= 4 is 16.8 Å². The largest absolute Gasteiger partial charge is 0.352 e. The molecule has 0 bridgehead atoms. The van der Waals surface area contributed by atoms with Gasteiger partial charge in [0.05, 0.1) is 5.52 Å². The first-order valence-corrected chi connectivity index (χ1v) is 7.46. The van der Waals surface area contributed by atoms with Crippen LogP contribution in [-0.4, -0.2) is 26.5 Å². The van der Waals surface area contributed by atoms with Gasteiger partial charge in [-0.2, -0.15) is 0 Å². The van der Waals surface area contributed by atoms with Crippen molar-refractivity contribution in [3.05, 3.63) is 48.9 Å². The van der Waals surface area contributed by atoms with Crippen LogP contribution in [0.25, 0.3) is 22.3 Å². The van der Waals surface area contributed by atoms with Crippen molar-refractivity contribution in [1.82, 2.24) is 19.9 Å². The Morgan fingerprint density at radius 2 is 2.14 bits per heavy atom. The second-order valence-corrected chi connectivity index (χ2v) is 5.58. The highest BCUT2D eigenvalue weighted by atomic mass is 16.1. The number of nitrogens with zero attached hydrogens (tertiary/aromatic N) is 3. The number of pyridine rings is 1. The molecular formula is C17H16N4O. The summed E-state index contributed by atoms with van der Waals surface area (Å²) in [7, 11) is 0. The maximum Gasteiger partial charge on any atom is 0.220 e. The molecular weight excluding hydrogens is 276 g/mol. The molecule has 0 spiro atoms. The molecule has 2 aromatic heterocycles. The summed E-state index contributed by atoms with van der Waals surface area (Å²) in [4.78, 5) is 20.3. The lowest BCUT2D eigenvalue weighted by Gasteiger charge is -2.14. The number of rotatable bonds is 3. The molecule has 1 N–H and O–H groups in total. The second kappa shape index (κ2) is 5.26. The Hall–Kier alpha value is -2.69. The van der Waals surface area contributed by atoms with Crippen LogP contribution in [0.2, 0.25) is 0 Å². The van der Waals surface area contributed by atoms with E-state index < -0.39 is 0 Å². The summed E-state index contributed by atoms with van der Waals surface area (Å²) >= 11 is 0. The maximum absolute atomic E-state index is 11.4. The lowest BCUT2D eigenvalue weighted by Crippen LogP contribution is -2.29. The highest BCUT2D eigenvalue weighted by Crippen LogP contribution is 2.26. The predicted octanol–water partition coefficient (Wildman–Crippen LogP) is 2.38. The van der Waals surface area contributed by atoms with Crippen molar-refractivity contribution in [3.8, 4) is 11.4 Å². The fourth-order valence-electron chi connectivity index (χ4n) is 3.05. The van der Waals surface area contributed by atoms with Gasteiger partial charge in [0.2, 0.25) is 5.91 Å². The summed E-state index contributed by atoms with van der Waals surface area (Å²) in [6.45, 7) is 0.748. The molecule has 110 valence electrons. The molecule has 3 heterocycles. The van der Waals surface area contributed by atoms with Crippen LogP contribution in [0.4, 0.5) is 0 Å². The van der Waals surface area contributed by atoms with Crippen LogP contribution in [0.15, 0.2) is 48.9 Å². The van der Waals surface area contributed by atoms with Crippen LogP contribution >= 0.6 is 0 Å². The fourth-order valence-corrected chi connectivity index (χ4v) is 3.05. The summed E-state index contributed by atoms with van der Waals surface area (Å²) < 4.78 is 2.11. The van der Waals surface area contributed by atoms with Crippen LogP contribution < -0.4 is 5.32 Å². The van der Waals surface area contributed by atoms with Crippen molar-refractivity contribution < 1.29 is 4.79 Å². The Morgan fingerprint density at radius 1 is 1.18 bits per heavy atom. The first-order valence-electron chi connectivity index (χ1n) is 7.46. The Bertz CT molecular complexity index is 834. The Morgan fingerprint density at radius 3 is 3.00 bits per heavy atom. The minimum Gasteiger partial charge on any atom is -0.352 e. The molecule has 1 fully saturated rings. The minimum absolute atomic E-state index is 0.140. The van der Waals surface area contributed by atoms with E-state index >= 15 is 0 Å². The Kier molecular flexibility index (Phi) is 3.11. The van der Waals surface area contributed by atoms with Crippen LogP contribution in [0.1, 0.15) is 12.8 Å². The van der Waals surface area contributed by atoms with Gasteiger partial charge in [-0.15, -0.1) is 0 Å². The molecule has 1 aliphatic heterocycles. The van der Waals surface area contributed by atoms with E-state index in [-0.39, 0.29) is 11.9 Å². The number of carbonyl (C=O) groups excluding carboxylic acids is 1. The maximum atomic E-state index is 11.4. The smallest absolute Gasteiger partial charge is 0.220 e. The van der Waals surface area contributed by atoms with Gasteiger partial charge in [0, 0.05) is 48.5 Å². The zero-order valence-corrected chi connectivity index (χ0v) is 12.1.